The molecule has 0 atom stereocenters. The Morgan fingerprint density at radius 3 is 2.61 bits per heavy atom. The van der Waals surface area contributed by atoms with Gasteiger partial charge >= 0.3 is 0 Å². The third-order valence-corrected chi connectivity index (χ3v) is 7.41. The second-order valence-electron chi connectivity index (χ2n) is 7.43. The number of rotatable bonds is 4. The Bertz CT molecular complexity index is 909. The van der Waals surface area contributed by atoms with E-state index in [1.165, 1.54) is 5.56 Å². The van der Waals surface area contributed by atoms with Gasteiger partial charge in [0.2, 0.25) is 0 Å². The Balaban J connectivity index is 0.00000280. The zero-order valence-corrected chi connectivity index (χ0v) is 19.6. The van der Waals surface area contributed by atoms with Crippen molar-refractivity contribution in [3.8, 4) is 0 Å². The second kappa shape index (κ2) is 9.25. The van der Waals surface area contributed by atoms with Crippen molar-refractivity contribution in [2.24, 2.45) is 4.99 Å². The van der Waals surface area contributed by atoms with Crippen molar-refractivity contribution in [1.29, 1.82) is 0 Å². The van der Waals surface area contributed by atoms with E-state index in [1.54, 1.807) is 20.9 Å². The Kier molecular flexibility index (Phi) is 7.49. The molecule has 2 heterocycles. The largest absolute Gasteiger partial charge is 0.352 e. The number of sulfone groups is 1. The van der Waals surface area contributed by atoms with Gasteiger partial charge in [-0.2, -0.15) is 5.10 Å². The fraction of sp³-hybridized carbons (Fsp3) is 0.474. The molecular formula is C19H28IN5O2S. The van der Waals surface area contributed by atoms with Crippen molar-refractivity contribution in [2.75, 3.05) is 25.9 Å². The van der Waals surface area contributed by atoms with Crippen LogP contribution in [0.25, 0.3) is 0 Å². The van der Waals surface area contributed by atoms with Crippen molar-refractivity contribution >= 4 is 39.8 Å². The van der Waals surface area contributed by atoms with Crippen molar-refractivity contribution in [1.82, 2.24) is 20.0 Å². The summed E-state index contributed by atoms with van der Waals surface area (Å²) in [7, 11) is -1.35. The molecule has 154 valence electrons. The lowest BCUT2D eigenvalue weighted by atomic mass is 10.2. The van der Waals surface area contributed by atoms with Crippen LogP contribution in [0.1, 0.15) is 25.0 Å². The highest BCUT2D eigenvalue weighted by Gasteiger charge is 2.40. The van der Waals surface area contributed by atoms with Crippen LogP contribution >= 0.6 is 24.0 Å². The molecule has 7 nitrogen and oxygen atoms in total. The molecule has 0 unspecified atom stereocenters. The number of hydrogen-bond donors (Lipinski definition) is 1. The molecule has 0 radical (unpaired) electrons. The maximum Gasteiger partial charge on any atom is 0.193 e. The Hall–Kier alpha value is -1.62. The highest BCUT2D eigenvalue weighted by atomic mass is 127. The minimum absolute atomic E-state index is 0. The molecule has 1 aliphatic rings. The van der Waals surface area contributed by atoms with E-state index in [0.29, 0.717) is 25.6 Å². The summed E-state index contributed by atoms with van der Waals surface area (Å²) in [5.41, 5.74) is 2.25. The average Bonchev–Trinajstić information content (AvgIpc) is 3.07. The molecule has 1 N–H and O–H groups in total. The number of hydrogen-bond acceptors (Lipinski definition) is 4. The Morgan fingerprint density at radius 2 is 1.96 bits per heavy atom. The molecule has 3 rings (SSSR count). The van der Waals surface area contributed by atoms with Crippen molar-refractivity contribution in [3.05, 3.63) is 53.9 Å². The summed E-state index contributed by atoms with van der Waals surface area (Å²) in [5, 5.41) is 7.74. The van der Waals surface area contributed by atoms with Crippen LogP contribution < -0.4 is 5.32 Å². The number of halogens is 1. The topological polar surface area (TPSA) is 79.6 Å². The maximum absolute atomic E-state index is 12.2. The van der Waals surface area contributed by atoms with E-state index < -0.39 is 14.6 Å². The number of nitrogens with one attached hydrogen (secondary N) is 1. The van der Waals surface area contributed by atoms with Crippen molar-refractivity contribution in [3.63, 3.8) is 0 Å². The van der Waals surface area contributed by atoms with E-state index >= 15 is 0 Å². The fourth-order valence-electron chi connectivity index (χ4n) is 3.19. The van der Waals surface area contributed by atoms with Gasteiger partial charge in [-0.05, 0) is 19.4 Å². The number of aliphatic imine (C=N–C) groups is 1. The predicted octanol–water partition coefficient (Wildman–Crippen LogP) is 2.13. The van der Waals surface area contributed by atoms with Crippen LogP contribution in [0.5, 0.6) is 0 Å². The quantitative estimate of drug-likeness (QED) is 0.382. The molecule has 1 aliphatic heterocycles. The molecule has 0 spiro atoms. The first-order valence-corrected chi connectivity index (χ1v) is 10.7. The van der Waals surface area contributed by atoms with Crippen LogP contribution in [-0.4, -0.2) is 59.7 Å². The number of guanidine groups is 1. The summed E-state index contributed by atoms with van der Waals surface area (Å²) in [4.78, 5) is 6.33. The van der Waals surface area contributed by atoms with Gasteiger partial charge < -0.3 is 10.2 Å². The van der Waals surface area contributed by atoms with Crippen LogP contribution in [0.3, 0.4) is 0 Å². The zero-order valence-electron chi connectivity index (χ0n) is 16.5. The van der Waals surface area contributed by atoms with Gasteiger partial charge in [0.1, 0.15) is 0 Å². The summed E-state index contributed by atoms with van der Waals surface area (Å²) >= 11 is 0. The molecule has 1 aromatic heterocycles. The number of aromatic nitrogens is 2. The molecular weight excluding hydrogens is 489 g/mol. The Morgan fingerprint density at radius 1 is 1.25 bits per heavy atom. The summed E-state index contributed by atoms with van der Waals surface area (Å²) in [5.74, 6) is 0.865. The van der Waals surface area contributed by atoms with Gasteiger partial charge in [-0.1, -0.05) is 30.3 Å². The zero-order chi connectivity index (χ0) is 19.5. The minimum Gasteiger partial charge on any atom is -0.352 e. The smallest absolute Gasteiger partial charge is 0.193 e. The van der Waals surface area contributed by atoms with E-state index in [0.717, 1.165) is 12.1 Å². The third-order valence-electron chi connectivity index (χ3n) is 4.88. The van der Waals surface area contributed by atoms with Gasteiger partial charge in [-0.3, -0.25) is 9.67 Å². The van der Waals surface area contributed by atoms with Gasteiger partial charge in [-0.25, -0.2) is 8.42 Å². The van der Waals surface area contributed by atoms with Gasteiger partial charge in [0.05, 0.1) is 23.2 Å². The lowest BCUT2D eigenvalue weighted by molar-refractivity contribution is 0.353. The van der Waals surface area contributed by atoms with Crippen molar-refractivity contribution in [2.45, 2.75) is 31.7 Å². The summed E-state index contributed by atoms with van der Waals surface area (Å²) < 4.78 is 25.5. The van der Waals surface area contributed by atoms with Crippen LogP contribution in [0.2, 0.25) is 0 Å². The predicted molar refractivity (Wildman–Crippen MR) is 123 cm³/mol. The van der Waals surface area contributed by atoms with E-state index in [4.69, 9.17) is 0 Å². The lowest BCUT2D eigenvalue weighted by Gasteiger charge is -2.39. The summed E-state index contributed by atoms with van der Waals surface area (Å²) in [6.45, 7) is 5.75. The van der Waals surface area contributed by atoms with E-state index in [9.17, 15) is 8.42 Å². The first-order valence-electron chi connectivity index (χ1n) is 9.04. The molecule has 1 aromatic carbocycles. The molecule has 0 aliphatic carbocycles. The van der Waals surface area contributed by atoms with Gasteiger partial charge in [0.15, 0.2) is 15.8 Å². The minimum atomic E-state index is -3.07. The standard InChI is InChI=1S/C19H27N5O2S.HI/c1-19(2)15-23(9-10-27(19,25)26)18(20-3)21-11-17-12-22-24(14-17)13-16-7-5-4-6-8-16;/h4-8,12,14H,9-11,13,15H2,1-3H3,(H,20,21);1H. The highest BCUT2D eigenvalue weighted by Crippen LogP contribution is 2.23. The Labute approximate surface area is 184 Å². The monoisotopic (exact) mass is 517 g/mol. The van der Waals surface area contributed by atoms with Gasteiger partial charge in [0, 0.05) is 38.4 Å². The number of benzene rings is 1. The maximum atomic E-state index is 12.2. The SMILES string of the molecule is CN=C(NCc1cnn(Cc2ccccc2)c1)N1CCS(=O)(=O)C(C)(C)C1.I. The van der Waals surface area contributed by atoms with E-state index in [1.807, 2.05) is 40.2 Å². The second-order valence-corrected chi connectivity index (χ2v) is 10.2. The highest BCUT2D eigenvalue weighted by molar-refractivity contribution is 14.0. The molecule has 0 amide bonds. The summed E-state index contributed by atoms with van der Waals surface area (Å²) in [6.07, 6.45) is 3.85. The molecule has 9 heteroatoms. The van der Waals surface area contributed by atoms with Crippen LogP contribution in [0.4, 0.5) is 0 Å². The van der Waals surface area contributed by atoms with Gasteiger partial charge in [0.25, 0.3) is 0 Å². The third kappa shape index (κ3) is 5.25. The van der Waals surface area contributed by atoms with E-state index in [2.05, 4.69) is 27.5 Å². The molecule has 0 saturated carbocycles. The molecule has 2 aromatic rings. The normalized spacial score (nSPS) is 18.4. The van der Waals surface area contributed by atoms with Crippen LogP contribution in [0.15, 0.2) is 47.7 Å². The van der Waals surface area contributed by atoms with Gasteiger partial charge in [-0.15, -0.1) is 24.0 Å². The average molecular weight is 517 g/mol. The van der Waals surface area contributed by atoms with Crippen molar-refractivity contribution < 1.29 is 8.42 Å². The molecule has 28 heavy (non-hydrogen) atoms. The number of nitrogens with zero attached hydrogens (tertiary/aromatic N) is 4. The molecule has 0 bridgehead atoms. The van der Waals surface area contributed by atoms with Crippen LogP contribution in [-0.2, 0) is 22.9 Å². The first kappa shape index (κ1) is 22.7. The van der Waals surface area contributed by atoms with E-state index in [-0.39, 0.29) is 29.7 Å². The first-order chi connectivity index (χ1) is 12.8. The molecule has 1 saturated heterocycles. The molecule has 1 fully saturated rings. The van der Waals surface area contributed by atoms with Crippen LogP contribution in [0, 0.1) is 0 Å². The lowest BCUT2D eigenvalue weighted by Crippen LogP contribution is -2.57. The summed E-state index contributed by atoms with van der Waals surface area (Å²) in [6, 6.07) is 10.2. The fourth-order valence-corrected chi connectivity index (χ4v) is 4.56.